The summed E-state index contributed by atoms with van der Waals surface area (Å²) in [5.41, 5.74) is 2.39. The molecule has 0 unspecified atom stereocenters. The Kier molecular flexibility index (Phi) is 3.98. The second-order valence-corrected chi connectivity index (χ2v) is 8.50. The van der Waals surface area contributed by atoms with Gasteiger partial charge >= 0.3 is 0 Å². The molecule has 2 aromatic rings. The number of hydrogen-bond donors (Lipinski definition) is 0. The summed E-state index contributed by atoms with van der Waals surface area (Å²) in [6.45, 7) is 0.548. The fraction of sp³-hybridized carbons (Fsp3) is 0.444. The molecule has 0 spiro atoms. The Labute approximate surface area is 143 Å². The second kappa shape index (κ2) is 6.02. The number of benzene rings is 1. The largest absolute Gasteiger partial charge is 0.468 e. The summed E-state index contributed by atoms with van der Waals surface area (Å²) in [4.78, 5) is 0. The van der Waals surface area contributed by atoms with Crippen molar-refractivity contribution in [2.45, 2.75) is 37.8 Å². The van der Waals surface area contributed by atoms with Gasteiger partial charge in [-0.15, -0.1) is 0 Å². The van der Waals surface area contributed by atoms with Crippen LogP contribution in [0.5, 0.6) is 0 Å². The quantitative estimate of drug-likeness (QED) is 0.854. The van der Waals surface area contributed by atoms with E-state index >= 15 is 0 Å². The van der Waals surface area contributed by atoms with Crippen molar-refractivity contribution in [3.63, 3.8) is 0 Å². The fourth-order valence-electron chi connectivity index (χ4n) is 4.02. The van der Waals surface area contributed by atoms with E-state index in [1.807, 2.05) is 30.3 Å². The topological polar surface area (TPSA) is 53.8 Å². The van der Waals surface area contributed by atoms with Crippen molar-refractivity contribution in [3.05, 3.63) is 59.5 Å². The smallest absolute Gasteiger partial charge is 0.282 e. The summed E-state index contributed by atoms with van der Waals surface area (Å²) in [6.07, 6.45) is 5.05. The van der Waals surface area contributed by atoms with Crippen LogP contribution in [-0.4, -0.2) is 30.6 Å². The SMILES string of the molecule is CN([C@H]1CCc2ccccc21)S(=O)(=O)N1CCC[C@H]1c1ccco1. The van der Waals surface area contributed by atoms with Crippen LogP contribution in [-0.2, 0) is 16.6 Å². The molecule has 1 aromatic heterocycles. The fourth-order valence-corrected chi connectivity index (χ4v) is 5.78. The Morgan fingerprint density at radius 1 is 1.17 bits per heavy atom. The van der Waals surface area contributed by atoms with Gasteiger partial charge in [0.05, 0.1) is 18.3 Å². The third kappa shape index (κ3) is 2.49. The van der Waals surface area contributed by atoms with Gasteiger partial charge in [0.25, 0.3) is 10.2 Å². The van der Waals surface area contributed by atoms with Crippen molar-refractivity contribution in [3.8, 4) is 0 Å². The maximum Gasteiger partial charge on any atom is 0.282 e. The van der Waals surface area contributed by atoms with E-state index in [1.54, 1.807) is 21.9 Å². The van der Waals surface area contributed by atoms with Crippen LogP contribution in [0.2, 0.25) is 0 Å². The maximum absolute atomic E-state index is 13.2. The molecule has 1 aromatic carbocycles. The second-order valence-electron chi connectivity index (χ2n) is 6.56. The Morgan fingerprint density at radius 3 is 2.79 bits per heavy atom. The van der Waals surface area contributed by atoms with E-state index in [0.717, 1.165) is 37.0 Å². The van der Waals surface area contributed by atoms with Gasteiger partial charge in [-0.2, -0.15) is 17.0 Å². The standard InChI is InChI=1S/C18H22N2O3S/c1-19(16-11-10-14-6-2-3-7-15(14)16)24(21,22)20-12-4-8-17(20)18-9-5-13-23-18/h2-3,5-7,9,13,16-17H,4,8,10-12H2,1H3/t16-,17-/m0/s1. The van der Waals surface area contributed by atoms with E-state index in [9.17, 15) is 8.42 Å². The highest BCUT2D eigenvalue weighted by atomic mass is 32.2. The van der Waals surface area contributed by atoms with Gasteiger partial charge in [-0.25, -0.2) is 0 Å². The van der Waals surface area contributed by atoms with Gasteiger partial charge in [0, 0.05) is 13.6 Å². The first kappa shape index (κ1) is 15.9. The summed E-state index contributed by atoms with van der Waals surface area (Å²) in [6, 6.07) is 11.6. The number of hydrogen-bond acceptors (Lipinski definition) is 3. The number of nitrogens with zero attached hydrogens (tertiary/aromatic N) is 2. The van der Waals surface area contributed by atoms with Crippen LogP contribution in [0, 0.1) is 0 Å². The summed E-state index contributed by atoms with van der Waals surface area (Å²) in [5.74, 6) is 0.733. The van der Waals surface area contributed by atoms with Crippen LogP contribution in [0.1, 0.15) is 48.2 Å². The van der Waals surface area contributed by atoms with Gasteiger partial charge in [0.15, 0.2) is 0 Å². The van der Waals surface area contributed by atoms with E-state index in [-0.39, 0.29) is 12.1 Å². The minimum atomic E-state index is -3.53. The zero-order chi connectivity index (χ0) is 16.7. The molecule has 128 valence electrons. The van der Waals surface area contributed by atoms with Gasteiger partial charge in [0.2, 0.25) is 0 Å². The molecule has 1 fully saturated rings. The van der Waals surface area contributed by atoms with Crippen molar-refractivity contribution < 1.29 is 12.8 Å². The van der Waals surface area contributed by atoms with Crippen molar-refractivity contribution in [2.24, 2.45) is 0 Å². The lowest BCUT2D eigenvalue weighted by Gasteiger charge is -2.31. The predicted octanol–water partition coefficient (Wildman–Crippen LogP) is 3.28. The molecule has 0 bridgehead atoms. The van der Waals surface area contributed by atoms with E-state index in [1.165, 1.54) is 5.56 Å². The zero-order valence-corrected chi connectivity index (χ0v) is 14.6. The molecule has 0 N–H and O–H groups in total. The van der Waals surface area contributed by atoms with Crippen LogP contribution >= 0.6 is 0 Å². The van der Waals surface area contributed by atoms with E-state index < -0.39 is 10.2 Å². The molecular formula is C18H22N2O3S. The van der Waals surface area contributed by atoms with Crippen molar-refractivity contribution >= 4 is 10.2 Å². The maximum atomic E-state index is 13.2. The van der Waals surface area contributed by atoms with Gasteiger partial charge in [-0.3, -0.25) is 0 Å². The van der Waals surface area contributed by atoms with E-state index in [2.05, 4.69) is 6.07 Å². The lowest BCUT2D eigenvalue weighted by molar-refractivity contribution is 0.289. The summed E-state index contributed by atoms with van der Waals surface area (Å²) in [5, 5.41) is 0. The van der Waals surface area contributed by atoms with Crippen molar-refractivity contribution in [1.82, 2.24) is 8.61 Å². The molecule has 2 aliphatic rings. The van der Waals surface area contributed by atoms with Gasteiger partial charge in [0.1, 0.15) is 5.76 Å². The molecule has 6 heteroatoms. The molecule has 0 radical (unpaired) electrons. The Hall–Kier alpha value is -1.63. The summed E-state index contributed by atoms with van der Waals surface area (Å²) >= 11 is 0. The highest BCUT2D eigenvalue weighted by Gasteiger charge is 2.42. The number of fused-ring (bicyclic) bond motifs is 1. The number of rotatable bonds is 4. The van der Waals surface area contributed by atoms with Crippen LogP contribution in [0.4, 0.5) is 0 Å². The highest BCUT2D eigenvalue weighted by molar-refractivity contribution is 7.86. The first-order chi connectivity index (χ1) is 11.6. The minimum absolute atomic E-state index is 0.0796. The third-order valence-electron chi connectivity index (χ3n) is 5.28. The molecule has 24 heavy (non-hydrogen) atoms. The molecular weight excluding hydrogens is 324 g/mol. The minimum Gasteiger partial charge on any atom is -0.468 e. The highest BCUT2D eigenvalue weighted by Crippen LogP contribution is 2.40. The predicted molar refractivity (Wildman–Crippen MR) is 91.6 cm³/mol. The lowest BCUT2D eigenvalue weighted by atomic mass is 10.1. The van der Waals surface area contributed by atoms with Crippen molar-refractivity contribution in [2.75, 3.05) is 13.6 Å². The van der Waals surface area contributed by atoms with Crippen LogP contribution in [0.15, 0.2) is 47.1 Å². The monoisotopic (exact) mass is 346 g/mol. The Morgan fingerprint density at radius 2 is 2.00 bits per heavy atom. The summed E-state index contributed by atoms with van der Waals surface area (Å²) < 4.78 is 35.1. The first-order valence-corrected chi connectivity index (χ1v) is 9.85. The van der Waals surface area contributed by atoms with E-state index in [4.69, 9.17) is 4.42 Å². The lowest BCUT2D eigenvalue weighted by Crippen LogP contribution is -2.42. The molecule has 1 saturated heterocycles. The van der Waals surface area contributed by atoms with E-state index in [0.29, 0.717) is 6.54 Å². The van der Waals surface area contributed by atoms with Crippen molar-refractivity contribution in [1.29, 1.82) is 0 Å². The molecule has 1 aliphatic carbocycles. The number of aryl methyl sites for hydroxylation is 1. The molecule has 0 amide bonds. The molecule has 4 rings (SSSR count). The van der Waals surface area contributed by atoms with Crippen LogP contribution in [0.25, 0.3) is 0 Å². The normalized spacial score (nSPS) is 24.6. The van der Waals surface area contributed by atoms with Crippen LogP contribution < -0.4 is 0 Å². The zero-order valence-electron chi connectivity index (χ0n) is 13.8. The Bertz CT molecular complexity index is 817. The van der Waals surface area contributed by atoms with Crippen LogP contribution in [0.3, 0.4) is 0 Å². The molecule has 1 aliphatic heterocycles. The van der Waals surface area contributed by atoms with Gasteiger partial charge < -0.3 is 4.42 Å². The summed E-state index contributed by atoms with van der Waals surface area (Å²) in [7, 11) is -1.83. The van der Waals surface area contributed by atoms with Gasteiger partial charge in [-0.05, 0) is 48.9 Å². The first-order valence-electron chi connectivity index (χ1n) is 8.45. The number of furan rings is 1. The average Bonchev–Trinajstić information content (AvgIpc) is 3.31. The molecule has 2 atom stereocenters. The third-order valence-corrected chi connectivity index (χ3v) is 7.29. The van der Waals surface area contributed by atoms with Gasteiger partial charge in [-0.1, -0.05) is 24.3 Å². The molecule has 0 saturated carbocycles. The molecule has 5 nitrogen and oxygen atoms in total. The average molecular weight is 346 g/mol. The Balaban J connectivity index is 1.63. The molecule has 2 heterocycles.